The Kier molecular flexibility index (Phi) is 2.67. The zero-order valence-corrected chi connectivity index (χ0v) is 6.60. The van der Waals surface area contributed by atoms with Crippen LogP contribution in [0.2, 0.25) is 5.02 Å². The summed E-state index contributed by atoms with van der Waals surface area (Å²) in [6.07, 6.45) is 0. The number of halogens is 1. The molecule has 0 N–H and O–H groups in total. The summed E-state index contributed by atoms with van der Waals surface area (Å²) in [4.78, 5) is 0. The van der Waals surface area contributed by atoms with Crippen molar-refractivity contribution < 1.29 is 9.09 Å². The SMILES string of the molecule is O=POc1ccc(Cl)cc1. The first-order valence-electron chi connectivity index (χ1n) is 2.58. The maximum absolute atomic E-state index is 9.90. The second-order valence-electron chi connectivity index (χ2n) is 1.62. The van der Waals surface area contributed by atoms with E-state index in [2.05, 4.69) is 4.52 Å². The molecule has 0 saturated carbocycles. The summed E-state index contributed by atoms with van der Waals surface area (Å²) in [5.74, 6) is 0.543. The minimum Gasteiger partial charge on any atom is -0.408 e. The average molecular weight is 175 g/mol. The third-order valence-electron chi connectivity index (χ3n) is 0.956. The standard InChI is InChI=1S/C6H4ClO2P/c7-5-1-3-6(4-2-5)9-10-8/h1-4H. The second-order valence-corrected chi connectivity index (χ2v) is 2.39. The lowest BCUT2D eigenvalue weighted by molar-refractivity contribution is 0.525. The van der Waals surface area contributed by atoms with Crippen molar-refractivity contribution in [2.24, 2.45) is 0 Å². The molecule has 0 aliphatic rings. The van der Waals surface area contributed by atoms with Crippen LogP contribution in [0.3, 0.4) is 0 Å². The highest BCUT2D eigenvalue weighted by Gasteiger charge is 1.90. The van der Waals surface area contributed by atoms with Gasteiger partial charge in [0.15, 0.2) is 0 Å². The normalized spacial score (nSPS) is 9.70. The van der Waals surface area contributed by atoms with E-state index in [1.54, 1.807) is 24.3 Å². The lowest BCUT2D eigenvalue weighted by Gasteiger charge is -1.93. The summed E-state index contributed by atoms with van der Waals surface area (Å²) in [5.41, 5.74) is 0. The van der Waals surface area contributed by atoms with E-state index in [1.807, 2.05) is 0 Å². The molecule has 1 aromatic carbocycles. The van der Waals surface area contributed by atoms with Crippen molar-refractivity contribution in [2.45, 2.75) is 0 Å². The maximum Gasteiger partial charge on any atom is 0.395 e. The Hall–Kier alpha value is -0.590. The second kappa shape index (κ2) is 3.55. The van der Waals surface area contributed by atoms with Crippen LogP contribution in [-0.4, -0.2) is 0 Å². The van der Waals surface area contributed by atoms with Crippen LogP contribution in [0, 0.1) is 0 Å². The molecule has 10 heavy (non-hydrogen) atoms. The van der Waals surface area contributed by atoms with Crippen LogP contribution in [0.15, 0.2) is 24.3 Å². The lowest BCUT2D eigenvalue weighted by Crippen LogP contribution is -1.72. The Morgan fingerprint density at radius 2 is 1.90 bits per heavy atom. The highest BCUT2D eigenvalue weighted by atomic mass is 35.5. The van der Waals surface area contributed by atoms with Crippen molar-refractivity contribution in [3.8, 4) is 5.75 Å². The van der Waals surface area contributed by atoms with E-state index in [4.69, 9.17) is 11.6 Å². The third kappa shape index (κ3) is 1.98. The van der Waals surface area contributed by atoms with E-state index >= 15 is 0 Å². The topological polar surface area (TPSA) is 26.3 Å². The van der Waals surface area contributed by atoms with Crippen LogP contribution in [-0.2, 0) is 4.57 Å². The minimum atomic E-state index is -0.347. The predicted octanol–water partition coefficient (Wildman–Crippen LogP) is 2.93. The fourth-order valence-electron chi connectivity index (χ4n) is 0.538. The van der Waals surface area contributed by atoms with Gasteiger partial charge in [-0.3, -0.25) is 0 Å². The first kappa shape index (κ1) is 7.52. The van der Waals surface area contributed by atoms with Crippen LogP contribution in [0.1, 0.15) is 0 Å². The summed E-state index contributed by atoms with van der Waals surface area (Å²) >= 11 is 5.58. The lowest BCUT2D eigenvalue weighted by atomic mass is 10.3. The van der Waals surface area contributed by atoms with Gasteiger partial charge in [0.05, 0.1) is 0 Å². The molecule has 0 aliphatic carbocycles. The molecule has 0 unspecified atom stereocenters. The fourth-order valence-corrected chi connectivity index (χ4v) is 0.872. The molecule has 0 atom stereocenters. The molecular weight excluding hydrogens is 170 g/mol. The van der Waals surface area contributed by atoms with Gasteiger partial charge in [-0.2, -0.15) is 0 Å². The molecule has 0 aliphatic heterocycles. The van der Waals surface area contributed by atoms with Crippen LogP contribution in [0.4, 0.5) is 0 Å². The molecule has 0 radical (unpaired) electrons. The van der Waals surface area contributed by atoms with Gasteiger partial charge in [-0.05, 0) is 24.3 Å². The van der Waals surface area contributed by atoms with Gasteiger partial charge in [-0.1, -0.05) is 11.6 Å². The molecule has 0 aromatic heterocycles. The largest absolute Gasteiger partial charge is 0.408 e. The van der Waals surface area contributed by atoms with E-state index in [9.17, 15) is 4.57 Å². The van der Waals surface area contributed by atoms with E-state index in [0.717, 1.165) is 0 Å². The zero-order valence-electron chi connectivity index (χ0n) is 4.95. The number of benzene rings is 1. The summed E-state index contributed by atoms with van der Waals surface area (Å²) in [7, 11) is -0.347. The molecule has 2 nitrogen and oxygen atoms in total. The molecule has 52 valence electrons. The van der Waals surface area contributed by atoms with Crippen molar-refractivity contribution in [1.82, 2.24) is 0 Å². The Labute approximate surface area is 65.1 Å². The summed E-state index contributed by atoms with van der Waals surface area (Å²) in [6, 6.07) is 6.63. The quantitative estimate of drug-likeness (QED) is 0.645. The molecule has 0 bridgehead atoms. The Bertz CT molecular complexity index is 222. The van der Waals surface area contributed by atoms with E-state index in [1.165, 1.54) is 0 Å². The van der Waals surface area contributed by atoms with E-state index in [0.29, 0.717) is 10.8 Å². The molecule has 0 saturated heterocycles. The predicted molar refractivity (Wildman–Crippen MR) is 39.7 cm³/mol. The smallest absolute Gasteiger partial charge is 0.395 e. The molecule has 1 aromatic rings. The molecule has 1 rings (SSSR count). The molecular formula is C6H4ClO2P. The van der Waals surface area contributed by atoms with Crippen LogP contribution in [0.25, 0.3) is 0 Å². The number of rotatable bonds is 2. The zero-order chi connectivity index (χ0) is 7.40. The van der Waals surface area contributed by atoms with Crippen molar-refractivity contribution in [3.05, 3.63) is 29.3 Å². The van der Waals surface area contributed by atoms with Gasteiger partial charge in [-0.25, -0.2) is 4.57 Å². The van der Waals surface area contributed by atoms with Gasteiger partial charge in [-0.15, -0.1) is 0 Å². The number of hydrogen-bond acceptors (Lipinski definition) is 2. The van der Waals surface area contributed by atoms with Gasteiger partial charge in [0.1, 0.15) is 5.75 Å². The minimum absolute atomic E-state index is 0.347. The first-order chi connectivity index (χ1) is 4.83. The van der Waals surface area contributed by atoms with Gasteiger partial charge >= 0.3 is 8.69 Å². The Balaban J connectivity index is 2.78. The van der Waals surface area contributed by atoms with Crippen LogP contribution in [0.5, 0.6) is 5.75 Å². The van der Waals surface area contributed by atoms with Crippen LogP contribution < -0.4 is 4.52 Å². The van der Waals surface area contributed by atoms with Gasteiger partial charge < -0.3 is 4.52 Å². The molecule has 0 fully saturated rings. The van der Waals surface area contributed by atoms with Crippen molar-refractivity contribution in [3.63, 3.8) is 0 Å². The number of hydrogen-bond donors (Lipinski definition) is 0. The average Bonchev–Trinajstić information content (AvgIpc) is 1.95. The molecule has 0 spiro atoms. The first-order valence-corrected chi connectivity index (χ1v) is 3.69. The highest BCUT2D eigenvalue weighted by molar-refractivity contribution is 7.17. The summed E-state index contributed by atoms with van der Waals surface area (Å²) in [5, 5.41) is 0.634. The summed E-state index contributed by atoms with van der Waals surface area (Å²) in [6.45, 7) is 0. The van der Waals surface area contributed by atoms with Crippen molar-refractivity contribution in [2.75, 3.05) is 0 Å². The van der Waals surface area contributed by atoms with Gasteiger partial charge in [0.25, 0.3) is 0 Å². The van der Waals surface area contributed by atoms with Gasteiger partial charge in [0, 0.05) is 5.02 Å². The maximum atomic E-state index is 9.90. The van der Waals surface area contributed by atoms with Crippen molar-refractivity contribution >= 4 is 20.3 Å². The van der Waals surface area contributed by atoms with E-state index in [-0.39, 0.29) is 8.69 Å². The fraction of sp³-hybridized carbons (Fsp3) is 0. The summed E-state index contributed by atoms with van der Waals surface area (Å²) < 4.78 is 14.5. The molecule has 0 heterocycles. The van der Waals surface area contributed by atoms with Crippen molar-refractivity contribution in [1.29, 1.82) is 0 Å². The Morgan fingerprint density at radius 1 is 1.30 bits per heavy atom. The van der Waals surface area contributed by atoms with E-state index < -0.39 is 0 Å². The van der Waals surface area contributed by atoms with Crippen LogP contribution >= 0.6 is 20.3 Å². The molecule has 0 amide bonds. The third-order valence-corrected chi connectivity index (χ3v) is 1.49. The highest BCUT2D eigenvalue weighted by Crippen LogP contribution is 2.17. The monoisotopic (exact) mass is 174 g/mol. The Morgan fingerprint density at radius 3 is 2.40 bits per heavy atom. The molecule has 4 heteroatoms. The van der Waals surface area contributed by atoms with Gasteiger partial charge in [0.2, 0.25) is 0 Å².